The van der Waals surface area contributed by atoms with Gasteiger partial charge in [0.1, 0.15) is 11.4 Å². The van der Waals surface area contributed by atoms with E-state index in [2.05, 4.69) is 15.4 Å². The van der Waals surface area contributed by atoms with Crippen molar-refractivity contribution in [1.82, 2.24) is 25.0 Å². The van der Waals surface area contributed by atoms with Gasteiger partial charge in [0.15, 0.2) is 5.69 Å². The Bertz CT molecular complexity index is 1010. The van der Waals surface area contributed by atoms with Gasteiger partial charge < -0.3 is 15.0 Å². The van der Waals surface area contributed by atoms with Gasteiger partial charge in [0, 0.05) is 36.4 Å². The maximum absolute atomic E-state index is 13.1. The summed E-state index contributed by atoms with van der Waals surface area (Å²) in [4.78, 5) is 29.8. The van der Waals surface area contributed by atoms with E-state index >= 15 is 0 Å². The van der Waals surface area contributed by atoms with Crippen molar-refractivity contribution in [2.45, 2.75) is 6.04 Å². The minimum atomic E-state index is -0.374. The van der Waals surface area contributed by atoms with E-state index in [-0.39, 0.29) is 17.6 Å². The molecular formula is C20H17Cl2N5O2. The molecular weight excluding hydrogens is 413 g/mol. The van der Waals surface area contributed by atoms with Gasteiger partial charge in [0.2, 0.25) is 0 Å². The van der Waals surface area contributed by atoms with Gasteiger partial charge in [-0.1, -0.05) is 29.3 Å². The second-order valence-corrected chi connectivity index (χ2v) is 7.45. The summed E-state index contributed by atoms with van der Waals surface area (Å²) in [5, 5.41) is 8.50. The molecule has 29 heavy (non-hydrogen) atoms. The molecule has 1 atom stereocenters. The van der Waals surface area contributed by atoms with Crippen LogP contribution in [0.15, 0.2) is 48.7 Å². The third-order valence-electron chi connectivity index (χ3n) is 4.66. The number of nitrogens with zero attached hydrogens (tertiary/aromatic N) is 4. The fraction of sp³-hybridized carbons (Fsp3) is 0.200. The molecule has 1 aliphatic heterocycles. The van der Waals surface area contributed by atoms with E-state index in [4.69, 9.17) is 23.2 Å². The summed E-state index contributed by atoms with van der Waals surface area (Å²) in [6.07, 6.45) is 2.41. The Morgan fingerprint density at radius 1 is 1.21 bits per heavy atom. The van der Waals surface area contributed by atoms with Gasteiger partial charge in [0.05, 0.1) is 17.4 Å². The zero-order valence-corrected chi connectivity index (χ0v) is 16.8. The largest absolute Gasteiger partial charge is 0.334 e. The third kappa shape index (κ3) is 4.17. The van der Waals surface area contributed by atoms with Crippen LogP contribution >= 0.6 is 23.2 Å². The molecule has 2 aromatic heterocycles. The van der Waals surface area contributed by atoms with Gasteiger partial charge in [-0.15, -0.1) is 0 Å². The van der Waals surface area contributed by atoms with Crippen LogP contribution in [0, 0.1) is 0 Å². The molecule has 4 rings (SSSR count). The molecule has 1 saturated heterocycles. The Morgan fingerprint density at radius 2 is 2.07 bits per heavy atom. The summed E-state index contributed by atoms with van der Waals surface area (Å²) in [5.74, 6) is -0.236. The maximum Gasteiger partial charge on any atom is 0.274 e. The van der Waals surface area contributed by atoms with Crippen molar-refractivity contribution < 1.29 is 9.59 Å². The number of aromatic nitrogens is 3. The molecule has 9 heteroatoms. The first-order chi connectivity index (χ1) is 14.0. The average molecular weight is 430 g/mol. The minimum absolute atomic E-state index is 0.236. The molecule has 7 nitrogen and oxygen atoms in total. The quantitative estimate of drug-likeness (QED) is 0.509. The highest BCUT2D eigenvalue weighted by Crippen LogP contribution is 2.27. The number of hydrogen-bond acceptors (Lipinski definition) is 5. The number of benzene rings is 1. The van der Waals surface area contributed by atoms with E-state index in [0.717, 1.165) is 11.8 Å². The standard InChI is InChI=1S/C20H17Cl2N5O2/c21-14-2-1-3-16(9-14)27-18(13-4-5-24-19(22)8-13)10-17(25-27)20(29)26-7-6-23-15(11-26)12-28/h1-5,8-10,12,15,23H,6-7,11H2. The summed E-state index contributed by atoms with van der Waals surface area (Å²) < 4.78 is 1.66. The van der Waals surface area contributed by atoms with Gasteiger partial charge in [-0.25, -0.2) is 9.67 Å². The number of pyridine rings is 1. The van der Waals surface area contributed by atoms with Gasteiger partial charge >= 0.3 is 0 Å². The predicted molar refractivity (Wildman–Crippen MR) is 111 cm³/mol. The number of amides is 1. The fourth-order valence-corrected chi connectivity index (χ4v) is 3.63. The van der Waals surface area contributed by atoms with Crippen molar-refractivity contribution in [3.05, 3.63) is 64.5 Å². The average Bonchev–Trinajstić information content (AvgIpc) is 3.19. The third-order valence-corrected chi connectivity index (χ3v) is 5.10. The minimum Gasteiger partial charge on any atom is -0.334 e. The van der Waals surface area contributed by atoms with Crippen LogP contribution in [0.25, 0.3) is 16.9 Å². The molecule has 1 unspecified atom stereocenters. The second kappa shape index (κ2) is 8.32. The normalized spacial score (nSPS) is 16.6. The smallest absolute Gasteiger partial charge is 0.274 e. The molecule has 3 aromatic rings. The molecule has 0 bridgehead atoms. The van der Waals surface area contributed by atoms with E-state index in [1.807, 2.05) is 12.1 Å². The van der Waals surface area contributed by atoms with Gasteiger partial charge in [0.25, 0.3) is 5.91 Å². The van der Waals surface area contributed by atoms with Gasteiger partial charge in [-0.2, -0.15) is 5.10 Å². The summed E-state index contributed by atoms with van der Waals surface area (Å²) >= 11 is 12.2. The highest BCUT2D eigenvalue weighted by atomic mass is 35.5. The summed E-state index contributed by atoms with van der Waals surface area (Å²) in [7, 11) is 0. The van der Waals surface area contributed by atoms with E-state index in [0.29, 0.717) is 41.2 Å². The molecule has 148 valence electrons. The van der Waals surface area contributed by atoms with Crippen molar-refractivity contribution in [1.29, 1.82) is 0 Å². The van der Waals surface area contributed by atoms with Crippen LogP contribution in [-0.2, 0) is 4.79 Å². The van der Waals surface area contributed by atoms with Crippen LogP contribution in [0.3, 0.4) is 0 Å². The molecule has 1 amide bonds. The summed E-state index contributed by atoms with van der Waals surface area (Å²) in [5.41, 5.74) is 2.44. The molecule has 1 aliphatic rings. The molecule has 0 spiro atoms. The number of aldehydes is 1. The molecule has 3 heterocycles. The lowest BCUT2D eigenvalue weighted by Crippen LogP contribution is -2.53. The fourth-order valence-electron chi connectivity index (χ4n) is 3.27. The van der Waals surface area contributed by atoms with Crippen LogP contribution in [-0.4, -0.2) is 57.5 Å². The number of halogens is 2. The predicted octanol–water partition coefficient (Wildman–Crippen LogP) is 2.85. The SMILES string of the molecule is O=CC1CN(C(=O)c2cc(-c3ccnc(Cl)c3)n(-c3cccc(Cl)c3)n2)CCN1. The highest BCUT2D eigenvalue weighted by Gasteiger charge is 2.26. The Morgan fingerprint density at radius 3 is 2.83 bits per heavy atom. The lowest BCUT2D eigenvalue weighted by Gasteiger charge is -2.30. The highest BCUT2D eigenvalue weighted by molar-refractivity contribution is 6.30. The number of rotatable bonds is 4. The summed E-state index contributed by atoms with van der Waals surface area (Å²) in [6, 6.07) is 12.1. The molecule has 1 N–H and O–H groups in total. The van der Waals surface area contributed by atoms with Crippen molar-refractivity contribution in [2.24, 2.45) is 0 Å². The van der Waals surface area contributed by atoms with Crippen molar-refractivity contribution >= 4 is 35.4 Å². The second-order valence-electron chi connectivity index (χ2n) is 6.62. The number of carbonyl (C=O) groups is 2. The summed E-state index contributed by atoms with van der Waals surface area (Å²) in [6.45, 7) is 1.36. The van der Waals surface area contributed by atoms with E-state index < -0.39 is 0 Å². The maximum atomic E-state index is 13.1. The molecule has 0 radical (unpaired) electrons. The number of nitrogens with one attached hydrogen (secondary N) is 1. The Hall–Kier alpha value is -2.74. The number of carbonyl (C=O) groups excluding carboxylic acids is 2. The molecule has 1 aromatic carbocycles. The van der Waals surface area contributed by atoms with Gasteiger partial charge in [-0.05, 0) is 36.4 Å². The Balaban J connectivity index is 1.77. The lowest BCUT2D eigenvalue weighted by atomic mass is 10.1. The lowest BCUT2D eigenvalue weighted by molar-refractivity contribution is -0.110. The first-order valence-electron chi connectivity index (χ1n) is 9.01. The zero-order valence-electron chi connectivity index (χ0n) is 15.3. The zero-order chi connectivity index (χ0) is 20.4. The first kappa shape index (κ1) is 19.6. The molecule has 0 saturated carbocycles. The molecule has 0 aliphatic carbocycles. The van der Waals surface area contributed by atoms with Crippen LogP contribution in [0.5, 0.6) is 0 Å². The monoisotopic (exact) mass is 429 g/mol. The Kier molecular flexibility index (Phi) is 5.62. The number of hydrogen-bond donors (Lipinski definition) is 1. The van der Waals surface area contributed by atoms with Gasteiger partial charge in [-0.3, -0.25) is 4.79 Å². The topological polar surface area (TPSA) is 80.1 Å². The van der Waals surface area contributed by atoms with Crippen LogP contribution in [0.1, 0.15) is 10.5 Å². The van der Waals surface area contributed by atoms with E-state index in [9.17, 15) is 9.59 Å². The number of piperazine rings is 1. The van der Waals surface area contributed by atoms with Crippen molar-refractivity contribution in [2.75, 3.05) is 19.6 Å². The van der Waals surface area contributed by atoms with Crippen LogP contribution in [0.4, 0.5) is 0 Å². The van der Waals surface area contributed by atoms with E-state index in [1.54, 1.807) is 46.1 Å². The van der Waals surface area contributed by atoms with Crippen LogP contribution in [0.2, 0.25) is 10.2 Å². The van der Waals surface area contributed by atoms with E-state index in [1.165, 1.54) is 0 Å². The van der Waals surface area contributed by atoms with Crippen molar-refractivity contribution in [3.63, 3.8) is 0 Å². The van der Waals surface area contributed by atoms with Crippen LogP contribution < -0.4 is 5.32 Å². The Labute approximate surface area is 177 Å². The molecule has 1 fully saturated rings. The van der Waals surface area contributed by atoms with Crippen molar-refractivity contribution in [3.8, 4) is 16.9 Å². The first-order valence-corrected chi connectivity index (χ1v) is 9.76.